The Kier molecular flexibility index (Phi) is 6.05. The van der Waals surface area contributed by atoms with Gasteiger partial charge in [0.1, 0.15) is 5.75 Å². The molecule has 0 fully saturated rings. The highest BCUT2D eigenvalue weighted by atomic mass is 16.5. The second-order valence-corrected chi connectivity index (χ2v) is 6.38. The first kappa shape index (κ1) is 18.2. The average Bonchev–Trinajstić information content (AvgIpc) is 3.15. The number of ether oxygens (including phenoxy) is 1. The molecular formula is C23H24O3. The van der Waals surface area contributed by atoms with Crippen LogP contribution in [-0.2, 0) is 4.74 Å². The molecule has 0 amide bonds. The van der Waals surface area contributed by atoms with Gasteiger partial charge in [-0.15, -0.1) is 0 Å². The number of phenolic OH excluding ortho intramolecular Hbond substituents is 1. The van der Waals surface area contributed by atoms with Gasteiger partial charge < -0.3 is 14.9 Å². The summed E-state index contributed by atoms with van der Waals surface area (Å²) in [7, 11) is 0. The van der Waals surface area contributed by atoms with Gasteiger partial charge in [0.25, 0.3) is 0 Å². The number of rotatable bonds is 7. The molecule has 0 saturated carbocycles. The first-order valence-electron chi connectivity index (χ1n) is 8.83. The standard InChI is InChI=1S/C23H24O3/c1-17(16-24)21-13-14-26-23(21)12-11-19(18-7-3-2-4-8-18)15-20-9-5-6-10-22(20)25/h2-10,13,15,23-25H,1,11-12,14,16H2/b19-15-. The summed E-state index contributed by atoms with van der Waals surface area (Å²) in [5.41, 5.74) is 4.78. The van der Waals surface area contributed by atoms with Gasteiger partial charge in [0, 0.05) is 5.56 Å². The van der Waals surface area contributed by atoms with Crippen molar-refractivity contribution < 1.29 is 14.9 Å². The molecular weight excluding hydrogens is 324 g/mol. The molecule has 1 atom stereocenters. The highest BCUT2D eigenvalue weighted by Gasteiger charge is 2.22. The fourth-order valence-electron chi connectivity index (χ4n) is 3.21. The number of hydrogen-bond acceptors (Lipinski definition) is 3. The maximum atomic E-state index is 10.1. The molecule has 1 aliphatic heterocycles. The predicted molar refractivity (Wildman–Crippen MR) is 106 cm³/mol. The molecule has 0 spiro atoms. The molecule has 1 heterocycles. The molecule has 2 N–H and O–H groups in total. The zero-order chi connectivity index (χ0) is 18.4. The second-order valence-electron chi connectivity index (χ2n) is 6.38. The van der Waals surface area contributed by atoms with Gasteiger partial charge >= 0.3 is 0 Å². The summed E-state index contributed by atoms with van der Waals surface area (Å²) in [5.74, 6) is 0.271. The van der Waals surface area contributed by atoms with Crippen LogP contribution >= 0.6 is 0 Å². The van der Waals surface area contributed by atoms with Crippen LogP contribution in [0.1, 0.15) is 24.0 Å². The van der Waals surface area contributed by atoms with Crippen molar-refractivity contribution in [3.8, 4) is 5.75 Å². The first-order chi connectivity index (χ1) is 12.7. The Hall–Kier alpha value is -2.62. The minimum atomic E-state index is -0.0506. The van der Waals surface area contributed by atoms with Gasteiger partial charge in [0.05, 0.1) is 19.3 Å². The number of hydrogen-bond donors (Lipinski definition) is 2. The highest BCUT2D eigenvalue weighted by Crippen LogP contribution is 2.31. The van der Waals surface area contributed by atoms with Gasteiger partial charge in [-0.25, -0.2) is 0 Å². The lowest BCUT2D eigenvalue weighted by molar-refractivity contribution is 0.117. The molecule has 3 rings (SSSR count). The topological polar surface area (TPSA) is 49.7 Å². The van der Waals surface area contributed by atoms with E-state index in [-0.39, 0.29) is 18.5 Å². The van der Waals surface area contributed by atoms with Gasteiger partial charge in [-0.2, -0.15) is 0 Å². The van der Waals surface area contributed by atoms with E-state index in [9.17, 15) is 10.2 Å². The Balaban J connectivity index is 1.83. The zero-order valence-electron chi connectivity index (χ0n) is 14.8. The largest absolute Gasteiger partial charge is 0.507 e. The quantitative estimate of drug-likeness (QED) is 0.720. The average molecular weight is 348 g/mol. The van der Waals surface area contributed by atoms with Crippen molar-refractivity contribution in [3.63, 3.8) is 0 Å². The van der Waals surface area contributed by atoms with E-state index in [1.165, 1.54) is 0 Å². The molecule has 134 valence electrons. The van der Waals surface area contributed by atoms with Crippen LogP contribution in [0.2, 0.25) is 0 Å². The number of phenols is 1. The third kappa shape index (κ3) is 4.31. The molecule has 0 aromatic heterocycles. The second kappa shape index (κ2) is 8.65. The Morgan fingerprint density at radius 2 is 1.85 bits per heavy atom. The smallest absolute Gasteiger partial charge is 0.122 e. The fraction of sp³-hybridized carbons (Fsp3) is 0.217. The Labute approximate surface area is 154 Å². The van der Waals surface area contributed by atoms with Crippen molar-refractivity contribution in [3.05, 3.63) is 89.5 Å². The Morgan fingerprint density at radius 3 is 2.58 bits per heavy atom. The molecule has 2 aromatic carbocycles. The molecule has 3 heteroatoms. The van der Waals surface area contributed by atoms with Gasteiger partial charge in [-0.3, -0.25) is 0 Å². The van der Waals surface area contributed by atoms with Crippen molar-refractivity contribution in [2.75, 3.05) is 13.2 Å². The lowest BCUT2D eigenvalue weighted by Gasteiger charge is -2.17. The summed E-state index contributed by atoms with van der Waals surface area (Å²) in [4.78, 5) is 0. The monoisotopic (exact) mass is 348 g/mol. The zero-order valence-corrected chi connectivity index (χ0v) is 14.8. The number of aromatic hydroxyl groups is 1. The van der Waals surface area contributed by atoms with E-state index in [0.29, 0.717) is 6.61 Å². The van der Waals surface area contributed by atoms with E-state index in [0.717, 1.165) is 40.7 Å². The molecule has 0 aliphatic carbocycles. The molecule has 1 aliphatic rings. The van der Waals surface area contributed by atoms with Crippen molar-refractivity contribution in [1.29, 1.82) is 0 Å². The Morgan fingerprint density at radius 1 is 1.12 bits per heavy atom. The minimum Gasteiger partial charge on any atom is -0.507 e. The van der Waals surface area contributed by atoms with Crippen molar-refractivity contribution in [2.24, 2.45) is 0 Å². The molecule has 1 unspecified atom stereocenters. The van der Waals surface area contributed by atoms with Gasteiger partial charge in [0.15, 0.2) is 0 Å². The summed E-state index contributed by atoms with van der Waals surface area (Å²) >= 11 is 0. The van der Waals surface area contributed by atoms with E-state index in [4.69, 9.17) is 4.74 Å². The van der Waals surface area contributed by atoms with Gasteiger partial charge in [-0.1, -0.05) is 61.2 Å². The van der Waals surface area contributed by atoms with Crippen LogP contribution in [0.4, 0.5) is 0 Å². The highest BCUT2D eigenvalue weighted by molar-refractivity contribution is 5.83. The molecule has 0 bridgehead atoms. The van der Waals surface area contributed by atoms with E-state index in [1.54, 1.807) is 6.07 Å². The van der Waals surface area contributed by atoms with Crippen LogP contribution in [0.3, 0.4) is 0 Å². The summed E-state index contributed by atoms with van der Waals surface area (Å²) in [6.45, 7) is 4.43. The molecule has 26 heavy (non-hydrogen) atoms. The number of para-hydroxylation sites is 1. The van der Waals surface area contributed by atoms with Gasteiger partial charge in [0.2, 0.25) is 0 Å². The minimum absolute atomic E-state index is 0.0499. The molecule has 0 saturated heterocycles. The van der Waals surface area contributed by atoms with Crippen LogP contribution < -0.4 is 0 Å². The lowest BCUT2D eigenvalue weighted by Crippen LogP contribution is -2.13. The number of aliphatic hydroxyl groups excluding tert-OH is 1. The SMILES string of the molecule is C=C(CO)C1=CCOC1CC/C(=C/c1ccccc1O)c1ccccc1. The summed E-state index contributed by atoms with van der Waals surface area (Å²) in [6, 6.07) is 17.5. The number of aliphatic hydroxyl groups is 1. The van der Waals surface area contributed by atoms with E-state index >= 15 is 0 Å². The van der Waals surface area contributed by atoms with Crippen molar-refractivity contribution >= 4 is 11.6 Å². The van der Waals surface area contributed by atoms with Crippen molar-refractivity contribution in [2.45, 2.75) is 18.9 Å². The maximum absolute atomic E-state index is 10.1. The normalized spacial score (nSPS) is 17.2. The first-order valence-corrected chi connectivity index (χ1v) is 8.83. The van der Waals surface area contributed by atoms with Crippen LogP contribution in [-0.4, -0.2) is 29.5 Å². The van der Waals surface area contributed by atoms with Crippen molar-refractivity contribution in [1.82, 2.24) is 0 Å². The molecule has 3 nitrogen and oxygen atoms in total. The van der Waals surface area contributed by atoms with Crippen LogP contribution in [0, 0.1) is 0 Å². The van der Waals surface area contributed by atoms with Crippen LogP contribution in [0.15, 0.2) is 78.4 Å². The molecule has 2 aromatic rings. The number of allylic oxidation sites excluding steroid dienone is 1. The summed E-state index contributed by atoms with van der Waals surface area (Å²) < 4.78 is 5.81. The summed E-state index contributed by atoms with van der Waals surface area (Å²) in [5, 5.41) is 19.5. The third-order valence-corrected chi connectivity index (χ3v) is 4.63. The van der Waals surface area contributed by atoms with E-state index in [1.807, 2.05) is 48.6 Å². The van der Waals surface area contributed by atoms with Crippen LogP contribution in [0.5, 0.6) is 5.75 Å². The predicted octanol–water partition coefficient (Wildman–Crippen LogP) is 4.59. The lowest BCUT2D eigenvalue weighted by atomic mass is 9.93. The fourth-order valence-corrected chi connectivity index (χ4v) is 3.21. The Bertz CT molecular complexity index is 818. The molecule has 0 radical (unpaired) electrons. The van der Waals surface area contributed by atoms with E-state index < -0.39 is 0 Å². The third-order valence-electron chi connectivity index (χ3n) is 4.63. The summed E-state index contributed by atoms with van der Waals surface area (Å²) in [6.07, 6.45) is 5.56. The van der Waals surface area contributed by atoms with E-state index in [2.05, 4.69) is 18.7 Å². The number of benzene rings is 2. The van der Waals surface area contributed by atoms with Crippen LogP contribution in [0.25, 0.3) is 11.6 Å². The van der Waals surface area contributed by atoms with Gasteiger partial charge in [-0.05, 0) is 47.3 Å². The maximum Gasteiger partial charge on any atom is 0.122 e.